The molecule has 3 heterocycles. The van der Waals surface area contributed by atoms with Gasteiger partial charge in [-0.3, -0.25) is 9.78 Å². The van der Waals surface area contributed by atoms with Crippen molar-refractivity contribution in [3.63, 3.8) is 0 Å². The standard InChI is InChI=1S/C26H20ClN3O3/c1-16-21(13-25(33-16)17-8-10-19(27)11-9-17)26(32)30-23(20-6-2-3-7-24(20)31)14-22(29-30)18-5-4-12-28-15-18/h2-13,15,23,31H,14H2,1H3. The average Bonchev–Trinajstić information content (AvgIpc) is 3.44. The average molecular weight is 458 g/mol. The lowest BCUT2D eigenvalue weighted by molar-refractivity contribution is 0.0708. The van der Waals surface area contributed by atoms with E-state index in [2.05, 4.69) is 10.1 Å². The summed E-state index contributed by atoms with van der Waals surface area (Å²) in [6, 6.07) is 19.2. The summed E-state index contributed by atoms with van der Waals surface area (Å²) in [7, 11) is 0. The van der Waals surface area contributed by atoms with Crippen molar-refractivity contribution in [1.29, 1.82) is 0 Å². The van der Waals surface area contributed by atoms with Crippen LogP contribution in [-0.4, -0.2) is 26.7 Å². The maximum Gasteiger partial charge on any atom is 0.278 e. The minimum atomic E-state index is -0.456. The van der Waals surface area contributed by atoms with Crippen molar-refractivity contribution in [2.45, 2.75) is 19.4 Å². The first-order valence-electron chi connectivity index (χ1n) is 10.5. The van der Waals surface area contributed by atoms with Crippen LogP contribution < -0.4 is 0 Å². The second kappa shape index (κ2) is 8.56. The predicted octanol–water partition coefficient (Wildman–Crippen LogP) is 6.00. The molecule has 2 aromatic carbocycles. The molecule has 0 saturated heterocycles. The molecule has 33 heavy (non-hydrogen) atoms. The molecule has 1 aliphatic rings. The Morgan fingerprint density at radius 2 is 1.88 bits per heavy atom. The number of benzene rings is 2. The summed E-state index contributed by atoms with van der Waals surface area (Å²) >= 11 is 5.99. The number of phenols is 1. The maximum atomic E-state index is 13.7. The van der Waals surface area contributed by atoms with E-state index in [0.29, 0.717) is 34.1 Å². The number of amides is 1. The molecule has 1 atom stereocenters. The van der Waals surface area contributed by atoms with Crippen LogP contribution in [0.1, 0.15) is 39.7 Å². The van der Waals surface area contributed by atoms with E-state index in [9.17, 15) is 9.90 Å². The fourth-order valence-electron chi connectivity index (χ4n) is 3.99. The molecule has 0 aliphatic carbocycles. The molecule has 0 spiro atoms. The largest absolute Gasteiger partial charge is 0.508 e. The van der Waals surface area contributed by atoms with Crippen molar-refractivity contribution < 1.29 is 14.3 Å². The number of aromatic hydroxyl groups is 1. The molecule has 5 rings (SSSR count). The van der Waals surface area contributed by atoms with E-state index < -0.39 is 6.04 Å². The van der Waals surface area contributed by atoms with Crippen LogP contribution in [0.15, 0.2) is 88.6 Å². The molecule has 1 unspecified atom stereocenters. The van der Waals surface area contributed by atoms with E-state index in [1.165, 1.54) is 5.01 Å². The summed E-state index contributed by atoms with van der Waals surface area (Å²) < 4.78 is 5.90. The molecule has 0 saturated carbocycles. The van der Waals surface area contributed by atoms with Gasteiger partial charge in [-0.05, 0) is 49.4 Å². The number of aryl methyl sites for hydroxylation is 1. The highest BCUT2D eigenvalue weighted by Crippen LogP contribution is 2.38. The number of para-hydroxylation sites is 1. The number of aromatic nitrogens is 1. The Hall–Kier alpha value is -3.90. The van der Waals surface area contributed by atoms with Gasteiger partial charge >= 0.3 is 0 Å². The minimum absolute atomic E-state index is 0.119. The Morgan fingerprint density at radius 3 is 2.61 bits per heavy atom. The number of halogens is 1. The van der Waals surface area contributed by atoms with Crippen molar-refractivity contribution in [1.82, 2.24) is 9.99 Å². The Kier molecular flexibility index (Phi) is 5.44. The number of pyridine rings is 1. The first-order chi connectivity index (χ1) is 16.0. The summed E-state index contributed by atoms with van der Waals surface area (Å²) in [5.74, 6) is 0.880. The lowest BCUT2D eigenvalue weighted by Crippen LogP contribution is -2.27. The van der Waals surface area contributed by atoms with Crippen molar-refractivity contribution >= 4 is 23.2 Å². The number of hydrogen-bond donors (Lipinski definition) is 1. The molecular formula is C26H20ClN3O3. The zero-order valence-electron chi connectivity index (χ0n) is 17.8. The smallest absolute Gasteiger partial charge is 0.278 e. The highest BCUT2D eigenvalue weighted by atomic mass is 35.5. The fraction of sp³-hybridized carbons (Fsp3) is 0.115. The number of furan rings is 1. The number of carbonyl (C=O) groups excluding carboxylic acids is 1. The van der Waals surface area contributed by atoms with Crippen molar-refractivity contribution in [3.05, 3.63) is 107 Å². The fourth-order valence-corrected chi connectivity index (χ4v) is 4.12. The number of carbonyl (C=O) groups is 1. The zero-order chi connectivity index (χ0) is 22.9. The highest BCUT2D eigenvalue weighted by molar-refractivity contribution is 6.30. The summed E-state index contributed by atoms with van der Waals surface area (Å²) in [6.07, 6.45) is 3.86. The molecule has 4 aromatic rings. The molecule has 0 bridgehead atoms. The molecule has 0 fully saturated rings. The monoisotopic (exact) mass is 457 g/mol. The third kappa shape index (κ3) is 4.01. The Labute approximate surface area is 195 Å². The lowest BCUT2D eigenvalue weighted by atomic mass is 9.98. The van der Waals surface area contributed by atoms with Crippen LogP contribution in [0, 0.1) is 6.92 Å². The Morgan fingerprint density at radius 1 is 1.09 bits per heavy atom. The van der Waals surface area contributed by atoms with Gasteiger partial charge in [0.15, 0.2) is 0 Å². The molecule has 0 radical (unpaired) electrons. The maximum absolute atomic E-state index is 13.7. The van der Waals surface area contributed by atoms with Gasteiger partial charge < -0.3 is 9.52 Å². The topological polar surface area (TPSA) is 78.9 Å². The van der Waals surface area contributed by atoms with Gasteiger partial charge in [-0.25, -0.2) is 5.01 Å². The number of nitrogens with zero attached hydrogens (tertiary/aromatic N) is 3. The summed E-state index contributed by atoms with van der Waals surface area (Å²) in [4.78, 5) is 17.9. The van der Waals surface area contributed by atoms with Crippen LogP contribution in [-0.2, 0) is 0 Å². The van der Waals surface area contributed by atoms with Crippen molar-refractivity contribution in [3.8, 4) is 17.1 Å². The van der Waals surface area contributed by atoms with E-state index in [4.69, 9.17) is 16.0 Å². The first-order valence-corrected chi connectivity index (χ1v) is 10.8. The highest BCUT2D eigenvalue weighted by Gasteiger charge is 2.36. The van der Waals surface area contributed by atoms with Gasteiger partial charge in [0.05, 0.1) is 17.3 Å². The molecule has 1 N–H and O–H groups in total. The van der Waals surface area contributed by atoms with Gasteiger partial charge in [-0.15, -0.1) is 0 Å². The minimum Gasteiger partial charge on any atom is -0.508 e. The van der Waals surface area contributed by atoms with Crippen molar-refractivity contribution in [2.24, 2.45) is 5.10 Å². The number of hydrogen-bond acceptors (Lipinski definition) is 5. The van der Waals surface area contributed by atoms with Gasteiger partial charge in [0.25, 0.3) is 5.91 Å². The summed E-state index contributed by atoms with van der Waals surface area (Å²) in [6.45, 7) is 1.75. The molecule has 1 amide bonds. The molecule has 7 heteroatoms. The second-order valence-corrected chi connectivity index (χ2v) is 8.24. The van der Waals surface area contributed by atoms with Crippen LogP contribution in [0.5, 0.6) is 5.75 Å². The Bertz CT molecular complexity index is 1350. The molecule has 2 aromatic heterocycles. The summed E-state index contributed by atoms with van der Waals surface area (Å²) in [5.41, 5.74) is 3.42. The van der Waals surface area contributed by atoms with E-state index in [1.807, 2.05) is 36.4 Å². The molecular weight excluding hydrogens is 438 g/mol. The van der Waals surface area contributed by atoms with Crippen LogP contribution >= 0.6 is 11.6 Å². The number of hydrazone groups is 1. The van der Waals surface area contributed by atoms with Crippen molar-refractivity contribution in [2.75, 3.05) is 0 Å². The SMILES string of the molecule is Cc1oc(-c2ccc(Cl)cc2)cc1C(=O)N1N=C(c2cccnc2)CC1c1ccccc1O. The lowest BCUT2D eigenvalue weighted by Gasteiger charge is -2.22. The third-order valence-corrected chi connectivity index (χ3v) is 5.94. The van der Waals surface area contributed by atoms with Crippen LogP contribution in [0.2, 0.25) is 5.02 Å². The van der Waals surface area contributed by atoms with Gasteiger partial charge in [0.1, 0.15) is 17.3 Å². The van der Waals surface area contributed by atoms with E-state index in [1.54, 1.807) is 49.6 Å². The van der Waals surface area contributed by atoms with Gasteiger partial charge in [-0.2, -0.15) is 5.10 Å². The predicted molar refractivity (Wildman–Crippen MR) is 126 cm³/mol. The van der Waals surface area contributed by atoms with Crippen LogP contribution in [0.3, 0.4) is 0 Å². The quantitative estimate of drug-likeness (QED) is 0.407. The van der Waals surface area contributed by atoms with E-state index >= 15 is 0 Å². The molecule has 1 aliphatic heterocycles. The van der Waals surface area contributed by atoms with Crippen LogP contribution in [0.4, 0.5) is 0 Å². The zero-order valence-corrected chi connectivity index (χ0v) is 18.5. The number of phenolic OH excluding ortho intramolecular Hbond substituents is 1. The normalized spacial score (nSPS) is 15.5. The van der Waals surface area contributed by atoms with Crippen LogP contribution in [0.25, 0.3) is 11.3 Å². The van der Waals surface area contributed by atoms with Gasteiger partial charge in [0, 0.05) is 40.5 Å². The Balaban J connectivity index is 1.54. The molecule has 6 nitrogen and oxygen atoms in total. The van der Waals surface area contributed by atoms with E-state index in [-0.39, 0.29) is 11.7 Å². The molecule has 164 valence electrons. The number of rotatable bonds is 4. The first kappa shape index (κ1) is 21.0. The third-order valence-electron chi connectivity index (χ3n) is 5.69. The summed E-state index contributed by atoms with van der Waals surface area (Å²) in [5, 5.41) is 17.2. The van der Waals surface area contributed by atoms with Gasteiger partial charge in [-0.1, -0.05) is 35.9 Å². The second-order valence-electron chi connectivity index (χ2n) is 7.80. The van der Waals surface area contributed by atoms with E-state index in [0.717, 1.165) is 16.8 Å². The van der Waals surface area contributed by atoms with Gasteiger partial charge in [0.2, 0.25) is 0 Å².